The molecule has 16 heavy (non-hydrogen) atoms. The molecule has 3 N–H and O–H groups in total. The number of carbonyl (C=O) groups is 1. The smallest absolute Gasteiger partial charge is 0.234 e. The quantitative estimate of drug-likeness (QED) is 0.470. The highest BCUT2D eigenvalue weighted by molar-refractivity contribution is 5.78. The Bertz CT molecular complexity index is 215. The van der Waals surface area contributed by atoms with Gasteiger partial charge in [0.2, 0.25) is 5.91 Å². The molecule has 1 rings (SSSR count). The van der Waals surface area contributed by atoms with Crippen LogP contribution in [0.3, 0.4) is 0 Å². The fraction of sp³-hybridized carbons (Fsp3) is 0.900. The van der Waals surface area contributed by atoms with Crippen molar-refractivity contribution in [2.45, 2.75) is 18.6 Å². The SMILES string of the molecule is COCCCNC(=O)CN1CC(O)C(O)C1. The first-order chi connectivity index (χ1) is 7.63. The van der Waals surface area contributed by atoms with Crippen LogP contribution < -0.4 is 5.32 Å². The lowest BCUT2D eigenvalue weighted by Gasteiger charge is -2.14. The molecule has 0 radical (unpaired) electrons. The molecule has 1 heterocycles. The number of ether oxygens (including phenoxy) is 1. The number of nitrogens with zero attached hydrogens (tertiary/aromatic N) is 1. The van der Waals surface area contributed by atoms with Gasteiger partial charge >= 0.3 is 0 Å². The van der Waals surface area contributed by atoms with E-state index in [1.807, 2.05) is 0 Å². The third-order valence-electron chi connectivity index (χ3n) is 2.55. The Morgan fingerprint density at radius 1 is 1.44 bits per heavy atom. The number of nitrogens with one attached hydrogen (secondary N) is 1. The summed E-state index contributed by atoms with van der Waals surface area (Å²) in [7, 11) is 1.62. The molecule has 1 aliphatic heterocycles. The van der Waals surface area contributed by atoms with E-state index in [0.29, 0.717) is 26.2 Å². The number of amides is 1. The van der Waals surface area contributed by atoms with Crippen LogP contribution in [0.15, 0.2) is 0 Å². The molecule has 6 nitrogen and oxygen atoms in total. The van der Waals surface area contributed by atoms with Gasteiger partial charge in [0, 0.05) is 33.4 Å². The molecular formula is C10H20N2O4. The largest absolute Gasteiger partial charge is 0.389 e. The summed E-state index contributed by atoms with van der Waals surface area (Å²) in [4.78, 5) is 13.2. The van der Waals surface area contributed by atoms with Crippen molar-refractivity contribution in [1.29, 1.82) is 0 Å². The highest BCUT2D eigenvalue weighted by Gasteiger charge is 2.30. The van der Waals surface area contributed by atoms with Crippen molar-refractivity contribution in [3.63, 3.8) is 0 Å². The van der Waals surface area contributed by atoms with Gasteiger partial charge in [-0.25, -0.2) is 0 Å². The Labute approximate surface area is 95.2 Å². The molecule has 2 atom stereocenters. The highest BCUT2D eigenvalue weighted by Crippen LogP contribution is 2.08. The van der Waals surface area contributed by atoms with Gasteiger partial charge in [-0.2, -0.15) is 0 Å². The Balaban J connectivity index is 2.10. The number of likely N-dealkylation sites (tertiary alicyclic amines) is 1. The van der Waals surface area contributed by atoms with Gasteiger partial charge in [0.1, 0.15) is 0 Å². The van der Waals surface area contributed by atoms with Gasteiger partial charge in [-0.1, -0.05) is 0 Å². The van der Waals surface area contributed by atoms with Crippen LogP contribution >= 0.6 is 0 Å². The number of β-amino-alcohol motifs (C(OH)–C–C–N with tert-alkyl or cyclic N) is 2. The maximum atomic E-state index is 11.4. The molecule has 2 unspecified atom stereocenters. The van der Waals surface area contributed by atoms with E-state index in [0.717, 1.165) is 6.42 Å². The molecule has 6 heteroatoms. The molecule has 0 saturated carbocycles. The van der Waals surface area contributed by atoms with Crippen molar-refractivity contribution < 1.29 is 19.7 Å². The van der Waals surface area contributed by atoms with Crippen molar-refractivity contribution in [2.24, 2.45) is 0 Å². The van der Waals surface area contributed by atoms with Crippen LogP contribution in [0.5, 0.6) is 0 Å². The average Bonchev–Trinajstić information content (AvgIpc) is 2.53. The Morgan fingerprint density at radius 3 is 2.62 bits per heavy atom. The van der Waals surface area contributed by atoms with E-state index in [1.165, 1.54) is 0 Å². The summed E-state index contributed by atoms with van der Waals surface area (Å²) in [5.41, 5.74) is 0. The molecule has 0 bridgehead atoms. The predicted octanol–water partition coefficient (Wildman–Crippen LogP) is -1.82. The average molecular weight is 232 g/mol. The van der Waals surface area contributed by atoms with Crippen molar-refractivity contribution in [2.75, 3.05) is 39.9 Å². The van der Waals surface area contributed by atoms with E-state index < -0.39 is 12.2 Å². The zero-order valence-corrected chi connectivity index (χ0v) is 9.56. The molecule has 1 fully saturated rings. The monoisotopic (exact) mass is 232 g/mol. The second kappa shape index (κ2) is 6.80. The number of methoxy groups -OCH3 is 1. The van der Waals surface area contributed by atoms with E-state index in [2.05, 4.69) is 5.32 Å². The summed E-state index contributed by atoms with van der Waals surface area (Å²) in [5.74, 6) is -0.0857. The van der Waals surface area contributed by atoms with Crippen molar-refractivity contribution in [1.82, 2.24) is 10.2 Å². The van der Waals surface area contributed by atoms with Crippen LogP contribution in [0.4, 0.5) is 0 Å². The lowest BCUT2D eigenvalue weighted by Crippen LogP contribution is -2.37. The zero-order chi connectivity index (χ0) is 12.0. The van der Waals surface area contributed by atoms with Gasteiger partial charge < -0.3 is 20.3 Å². The number of rotatable bonds is 6. The Hall–Kier alpha value is -0.690. The van der Waals surface area contributed by atoms with Gasteiger partial charge in [0.15, 0.2) is 0 Å². The van der Waals surface area contributed by atoms with E-state index in [1.54, 1.807) is 12.0 Å². The molecule has 0 aromatic rings. The van der Waals surface area contributed by atoms with Gasteiger partial charge in [-0.15, -0.1) is 0 Å². The van der Waals surface area contributed by atoms with Gasteiger partial charge in [0.25, 0.3) is 0 Å². The molecule has 94 valence electrons. The first-order valence-corrected chi connectivity index (χ1v) is 5.47. The summed E-state index contributed by atoms with van der Waals surface area (Å²) in [6, 6.07) is 0. The summed E-state index contributed by atoms with van der Waals surface area (Å²) in [5, 5.41) is 21.3. The molecule has 0 aromatic carbocycles. The third kappa shape index (κ3) is 4.44. The van der Waals surface area contributed by atoms with Crippen molar-refractivity contribution >= 4 is 5.91 Å². The van der Waals surface area contributed by atoms with E-state index >= 15 is 0 Å². The lowest BCUT2D eigenvalue weighted by atomic mass is 10.3. The second-order valence-electron chi connectivity index (χ2n) is 4.03. The lowest BCUT2D eigenvalue weighted by molar-refractivity contribution is -0.122. The first kappa shape index (κ1) is 13.4. The van der Waals surface area contributed by atoms with E-state index in [-0.39, 0.29) is 12.5 Å². The van der Waals surface area contributed by atoms with Crippen LogP contribution in [0.25, 0.3) is 0 Å². The maximum Gasteiger partial charge on any atom is 0.234 e. The predicted molar refractivity (Wildman–Crippen MR) is 58.0 cm³/mol. The molecule has 1 amide bonds. The van der Waals surface area contributed by atoms with Crippen molar-refractivity contribution in [3.8, 4) is 0 Å². The number of hydrogen-bond acceptors (Lipinski definition) is 5. The Kier molecular flexibility index (Phi) is 5.68. The summed E-state index contributed by atoms with van der Waals surface area (Å²) < 4.78 is 4.86. The number of aliphatic hydroxyl groups excluding tert-OH is 2. The minimum atomic E-state index is -0.735. The van der Waals surface area contributed by atoms with Crippen molar-refractivity contribution in [3.05, 3.63) is 0 Å². The highest BCUT2D eigenvalue weighted by atomic mass is 16.5. The fourth-order valence-corrected chi connectivity index (χ4v) is 1.68. The van der Waals surface area contributed by atoms with E-state index in [4.69, 9.17) is 4.74 Å². The molecule has 1 saturated heterocycles. The minimum Gasteiger partial charge on any atom is -0.389 e. The second-order valence-corrected chi connectivity index (χ2v) is 4.03. The van der Waals surface area contributed by atoms with E-state index in [9.17, 15) is 15.0 Å². The third-order valence-corrected chi connectivity index (χ3v) is 2.55. The summed E-state index contributed by atoms with van der Waals surface area (Å²) in [6.45, 7) is 2.15. The van der Waals surface area contributed by atoms with Gasteiger partial charge in [0.05, 0.1) is 18.8 Å². The summed E-state index contributed by atoms with van der Waals surface area (Å²) >= 11 is 0. The minimum absolute atomic E-state index is 0.0857. The van der Waals surface area contributed by atoms with Crippen LogP contribution in [-0.2, 0) is 9.53 Å². The van der Waals surface area contributed by atoms with Crippen LogP contribution in [-0.4, -0.2) is 73.1 Å². The topological polar surface area (TPSA) is 82.0 Å². The molecule has 0 aromatic heterocycles. The normalized spacial score (nSPS) is 25.9. The fourth-order valence-electron chi connectivity index (χ4n) is 1.68. The van der Waals surface area contributed by atoms with Gasteiger partial charge in [-0.05, 0) is 6.42 Å². The first-order valence-electron chi connectivity index (χ1n) is 5.47. The number of hydrogen-bond donors (Lipinski definition) is 3. The summed E-state index contributed by atoms with van der Waals surface area (Å²) in [6.07, 6.45) is -0.685. The van der Waals surface area contributed by atoms with Crippen LogP contribution in [0, 0.1) is 0 Å². The molecule has 0 spiro atoms. The number of carbonyl (C=O) groups excluding carboxylic acids is 1. The molecule has 0 aliphatic carbocycles. The van der Waals surface area contributed by atoms with Gasteiger partial charge in [-0.3, -0.25) is 9.69 Å². The zero-order valence-electron chi connectivity index (χ0n) is 9.56. The standard InChI is InChI=1S/C10H20N2O4/c1-16-4-2-3-11-10(15)7-12-5-8(13)9(14)6-12/h8-9,13-14H,2-7H2,1H3,(H,11,15). The molecular weight excluding hydrogens is 212 g/mol. The van der Waals surface area contributed by atoms with Crippen LogP contribution in [0.2, 0.25) is 0 Å². The Morgan fingerprint density at radius 2 is 2.06 bits per heavy atom. The maximum absolute atomic E-state index is 11.4. The van der Waals surface area contributed by atoms with Crippen LogP contribution in [0.1, 0.15) is 6.42 Å². The number of aliphatic hydroxyl groups is 2. The molecule has 1 aliphatic rings.